The molecule has 0 spiro atoms. The molecule has 0 atom stereocenters. The average molecular weight is 248 g/mol. The Morgan fingerprint density at radius 2 is 2.28 bits per heavy atom. The van der Waals surface area contributed by atoms with E-state index < -0.39 is 11.7 Å². The number of hydrogen-bond donors (Lipinski definition) is 2. The molecule has 0 radical (unpaired) electrons. The van der Waals surface area contributed by atoms with E-state index in [1.165, 1.54) is 30.7 Å². The molecule has 2 rings (SSSR count). The van der Waals surface area contributed by atoms with Gasteiger partial charge in [-0.25, -0.2) is 9.82 Å². The number of rotatable bonds is 3. The Morgan fingerprint density at radius 1 is 1.44 bits per heavy atom. The maximum absolute atomic E-state index is 12.7. The second kappa shape index (κ2) is 5.13. The molecule has 0 saturated heterocycles. The second-order valence-corrected chi connectivity index (χ2v) is 3.38. The summed E-state index contributed by atoms with van der Waals surface area (Å²) in [6.45, 7) is 0. The quantitative estimate of drug-likeness (QED) is 0.643. The zero-order chi connectivity index (χ0) is 13.0. The Labute approximate surface area is 102 Å². The van der Waals surface area contributed by atoms with Crippen LogP contribution in [0.3, 0.4) is 0 Å². The van der Waals surface area contributed by atoms with Gasteiger partial charge in [-0.15, -0.1) is 0 Å². The SMILES string of the molecule is O=C(N/N=C/c1ccc(F)cc1O)c1ccco1. The molecule has 1 amide bonds. The van der Waals surface area contributed by atoms with Crippen molar-refractivity contribution >= 4 is 12.1 Å². The fourth-order valence-corrected chi connectivity index (χ4v) is 1.25. The third-order valence-electron chi connectivity index (χ3n) is 2.11. The minimum Gasteiger partial charge on any atom is -0.507 e. The Balaban J connectivity index is 2.01. The number of amides is 1. The molecule has 0 fully saturated rings. The van der Waals surface area contributed by atoms with Crippen molar-refractivity contribution in [3.05, 3.63) is 53.7 Å². The molecule has 18 heavy (non-hydrogen) atoms. The van der Waals surface area contributed by atoms with E-state index in [-0.39, 0.29) is 17.1 Å². The van der Waals surface area contributed by atoms with Crippen LogP contribution >= 0.6 is 0 Å². The van der Waals surface area contributed by atoms with Crippen LogP contribution < -0.4 is 5.43 Å². The lowest BCUT2D eigenvalue weighted by Gasteiger charge is -1.98. The van der Waals surface area contributed by atoms with Crippen LogP contribution in [0.1, 0.15) is 16.1 Å². The lowest BCUT2D eigenvalue weighted by Crippen LogP contribution is -2.16. The van der Waals surface area contributed by atoms with Gasteiger partial charge < -0.3 is 9.52 Å². The second-order valence-electron chi connectivity index (χ2n) is 3.38. The first-order valence-corrected chi connectivity index (χ1v) is 5.02. The summed E-state index contributed by atoms with van der Waals surface area (Å²) < 4.78 is 17.5. The van der Waals surface area contributed by atoms with Crippen molar-refractivity contribution in [1.82, 2.24) is 5.43 Å². The van der Waals surface area contributed by atoms with E-state index in [2.05, 4.69) is 10.5 Å². The highest BCUT2D eigenvalue weighted by Crippen LogP contribution is 2.15. The predicted octanol–water partition coefficient (Wildman–Crippen LogP) is 1.89. The van der Waals surface area contributed by atoms with Crippen molar-refractivity contribution in [2.45, 2.75) is 0 Å². The van der Waals surface area contributed by atoms with Gasteiger partial charge in [0.1, 0.15) is 11.6 Å². The first-order valence-electron chi connectivity index (χ1n) is 5.02. The third-order valence-corrected chi connectivity index (χ3v) is 2.11. The van der Waals surface area contributed by atoms with E-state index >= 15 is 0 Å². The van der Waals surface area contributed by atoms with Crippen LogP contribution in [0, 0.1) is 5.82 Å². The first-order chi connectivity index (χ1) is 8.66. The van der Waals surface area contributed by atoms with Crippen molar-refractivity contribution in [3.63, 3.8) is 0 Å². The summed E-state index contributed by atoms with van der Waals surface area (Å²) in [6.07, 6.45) is 2.57. The molecule has 1 heterocycles. The molecule has 0 unspecified atom stereocenters. The number of carbonyl (C=O) groups excluding carboxylic acids is 1. The van der Waals surface area contributed by atoms with Gasteiger partial charge in [-0.05, 0) is 24.3 Å². The van der Waals surface area contributed by atoms with Crippen LogP contribution in [0.15, 0.2) is 46.1 Å². The maximum atomic E-state index is 12.7. The van der Waals surface area contributed by atoms with Gasteiger partial charge in [0.2, 0.25) is 0 Å². The largest absolute Gasteiger partial charge is 0.507 e. The molecule has 0 aliphatic rings. The van der Waals surface area contributed by atoms with Gasteiger partial charge in [-0.1, -0.05) is 0 Å². The van der Waals surface area contributed by atoms with E-state index in [4.69, 9.17) is 4.42 Å². The molecule has 92 valence electrons. The molecule has 0 aliphatic carbocycles. The van der Waals surface area contributed by atoms with Crippen LogP contribution in [0.25, 0.3) is 0 Å². The summed E-state index contributed by atoms with van der Waals surface area (Å²) in [6, 6.07) is 6.53. The number of nitrogens with zero attached hydrogens (tertiary/aromatic N) is 1. The van der Waals surface area contributed by atoms with Gasteiger partial charge >= 0.3 is 5.91 Å². The number of halogens is 1. The minimum atomic E-state index is -0.552. The number of phenols is 1. The van der Waals surface area contributed by atoms with Crippen molar-refractivity contribution in [2.75, 3.05) is 0 Å². The minimum absolute atomic E-state index is 0.121. The van der Waals surface area contributed by atoms with Crippen LogP contribution in [0.2, 0.25) is 0 Å². The smallest absolute Gasteiger partial charge is 0.307 e. The van der Waals surface area contributed by atoms with Crippen LogP contribution in [-0.2, 0) is 0 Å². The normalized spacial score (nSPS) is 10.7. The van der Waals surface area contributed by atoms with E-state index in [1.807, 2.05) is 0 Å². The lowest BCUT2D eigenvalue weighted by molar-refractivity contribution is 0.0927. The third kappa shape index (κ3) is 2.73. The molecular formula is C12H9FN2O3. The Morgan fingerprint density at radius 3 is 2.94 bits per heavy atom. The molecule has 2 aromatic rings. The zero-order valence-electron chi connectivity index (χ0n) is 9.13. The van der Waals surface area contributed by atoms with Gasteiger partial charge in [-0.2, -0.15) is 5.10 Å². The lowest BCUT2D eigenvalue weighted by atomic mass is 10.2. The summed E-state index contributed by atoms with van der Waals surface area (Å²) in [5.74, 6) is -1.21. The highest BCUT2D eigenvalue weighted by molar-refractivity contribution is 5.92. The summed E-state index contributed by atoms with van der Waals surface area (Å²) in [7, 11) is 0. The van der Waals surface area contributed by atoms with Gasteiger partial charge in [0.15, 0.2) is 5.76 Å². The highest BCUT2D eigenvalue weighted by atomic mass is 19.1. The van der Waals surface area contributed by atoms with E-state index in [1.54, 1.807) is 6.07 Å². The number of carbonyl (C=O) groups is 1. The first kappa shape index (κ1) is 11.8. The van der Waals surface area contributed by atoms with E-state index in [0.29, 0.717) is 0 Å². The number of hydrogen-bond acceptors (Lipinski definition) is 4. The van der Waals surface area contributed by atoms with Crippen LogP contribution in [0.5, 0.6) is 5.75 Å². The number of nitrogens with one attached hydrogen (secondary N) is 1. The molecule has 0 bridgehead atoms. The van der Waals surface area contributed by atoms with Gasteiger partial charge in [0, 0.05) is 11.6 Å². The molecule has 1 aromatic heterocycles. The summed E-state index contributed by atoms with van der Waals surface area (Å²) in [4.78, 5) is 11.4. The van der Waals surface area contributed by atoms with Crippen molar-refractivity contribution < 1.29 is 18.7 Å². The van der Waals surface area contributed by atoms with E-state index in [0.717, 1.165) is 6.07 Å². The van der Waals surface area contributed by atoms with Gasteiger partial charge in [-0.3, -0.25) is 4.79 Å². The number of hydrazone groups is 1. The zero-order valence-corrected chi connectivity index (χ0v) is 9.13. The fraction of sp³-hybridized carbons (Fsp3) is 0. The Bertz CT molecular complexity index is 579. The van der Waals surface area contributed by atoms with E-state index in [9.17, 15) is 14.3 Å². The molecule has 5 nitrogen and oxygen atoms in total. The molecule has 0 aliphatic heterocycles. The molecule has 2 N–H and O–H groups in total. The van der Waals surface area contributed by atoms with Gasteiger partial charge in [0.25, 0.3) is 0 Å². The van der Waals surface area contributed by atoms with Crippen LogP contribution in [-0.4, -0.2) is 17.2 Å². The Kier molecular flexibility index (Phi) is 3.38. The van der Waals surface area contributed by atoms with Crippen molar-refractivity contribution in [2.24, 2.45) is 5.10 Å². The molecule has 0 saturated carbocycles. The predicted molar refractivity (Wildman–Crippen MR) is 61.8 cm³/mol. The van der Waals surface area contributed by atoms with Gasteiger partial charge in [0.05, 0.1) is 12.5 Å². The molecule has 6 heteroatoms. The van der Waals surface area contributed by atoms with Crippen molar-refractivity contribution in [1.29, 1.82) is 0 Å². The molecule has 1 aromatic carbocycles. The van der Waals surface area contributed by atoms with Crippen LogP contribution in [0.4, 0.5) is 4.39 Å². The number of benzene rings is 1. The summed E-state index contributed by atoms with van der Waals surface area (Å²) in [5.41, 5.74) is 2.50. The summed E-state index contributed by atoms with van der Waals surface area (Å²) in [5, 5.41) is 13.0. The highest BCUT2D eigenvalue weighted by Gasteiger charge is 2.06. The number of aromatic hydroxyl groups is 1. The summed E-state index contributed by atoms with van der Waals surface area (Å²) >= 11 is 0. The number of furan rings is 1. The standard InChI is InChI=1S/C12H9FN2O3/c13-9-4-3-8(10(16)6-9)7-14-15-12(17)11-2-1-5-18-11/h1-7,16H,(H,15,17)/b14-7+. The Hall–Kier alpha value is -2.63. The number of phenolic OH excluding ortho intramolecular Hbond substituents is 1. The molecular weight excluding hydrogens is 239 g/mol. The average Bonchev–Trinajstić information content (AvgIpc) is 2.85. The fourth-order valence-electron chi connectivity index (χ4n) is 1.25. The maximum Gasteiger partial charge on any atom is 0.307 e. The van der Waals surface area contributed by atoms with Crippen molar-refractivity contribution in [3.8, 4) is 5.75 Å². The monoisotopic (exact) mass is 248 g/mol. The topological polar surface area (TPSA) is 74.8 Å².